The van der Waals surface area contributed by atoms with Crippen LogP contribution in [0.25, 0.3) is 0 Å². The number of ether oxygens (including phenoxy) is 1. The molecule has 0 aromatic heterocycles. The standard InChI is InChI=1S/C14H23N3O3/c1-3-17(6-8-20-9-7-18)14(19)13-5-4-12(16-15)10-11(13)2/h4-5,10,16,18H,3,6-9,15H2,1-2H3. The van der Waals surface area contributed by atoms with Crippen LogP contribution in [0.2, 0.25) is 0 Å². The molecule has 0 saturated carbocycles. The number of carbonyl (C=O) groups is 1. The van der Waals surface area contributed by atoms with Gasteiger partial charge < -0.3 is 20.2 Å². The van der Waals surface area contributed by atoms with Crippen LogP contribution in [0.15, 0.2) is 18.2 Å². The van der Waals surface area contributed by atoms with Gasteiger partial charge in [-0.15, -0.1) is 0 Å². The fourth-order valence-electron chi connectivity index (χ4n) is 1.91. The third-order valence-corrected chi connectivity index (χ3v) is 3.03. The van der Waals surface area contributed by atoms with E-state index in [9.17, 15) is 4.79 Å². The smallest absolute Gasteiger partial charge is 0.254 e. The quantitative estimate of drug-likeness (QED) is 0.372. The summed E-state index contributed by atoms with van der Waals surface area (Å²) in [4.78, 5) is 14.1. The number of anilines is 1. The molecule has 0 atom stereocenters. The summed E-state index contributed by atoms with van der Waals surface area (Å²) in [6.07, 6.45) is 0. The van der Waals surface area contributed by atoms with E-state index >= 15 is 0 Å². The number of rotatable bonds is 8. The Labute approximate surface area is 119 Å². The van der Waals surface area contributed by atoms with Gasteiger partial charge in [0.15, 0.2) is 0 Å². The number of nitrogens with one attached hydrogen (secondary N) is 1. The summed E-state index contributed by atoms with van der Waals surface area (Å²) in [6.45, 7) is 5.62. The summed E-state index contributed by atoms with van der Waals surface area (Å²) in [5.74, 6) is 5.32. The van der Waals surface area contributed by atoms with Crippen LogP contribution in [0.1, 0.15) is 22.8 Å². The van der Waals surface area contributed by atoms with Gasteiger partial charge in [0.1, 0.15) is 0 Å². The number of hydrogen-bond donors (Lipinski definition) is 3. The predicted molar refractivity (Wildman–Crippen MR) is 78.5 cm³/mol. The Morgan fingerprint density at radius 3 is 2.75 bits per heavy atom. The molecule has 0 heterocycles. The van der Waals surface area contributed by atoms with Gasteiger partial charge in [0, 0.05) is 24.3 Å². The number of nitrogens with two attached hydrogens (primary N) is 1. The minimum absolute atomic E-state index is 0.00721. The van der Waals surface area contributed by atoms with E-state index in [1.807, 2.05) is 19.9 Å². The summed E-state index contributed by atoms with van der Waals surface area (Å²) in [6, 6.07) is 5.38. The van der Waals surface area contributed by atoms with Crippen LogP contribution >= 0.6 is 0 Å². The van der Waals surface area contributed by atoms with Gasteiger partial charge in [-0.1, -0.05) is 0 Å². The summed E-state index contributed by atoms with van der Waals surface area (Å²) in [7, 11) is 0. The second-order valence-corrected chi connectivity index (χ2v) is 4.39. The first kappa shape index (κ1) is 16.4. The molecular weight excluding hydrogens is 258 g/mol. The minimum atomic E-state index is -0.0267. The lowest BCUT2D eigenvalue weighted by atomic mass is 10.1. The molecule has 0 aliphatic rings. The lowest BCUT2D eigenvalue weighted by molar-refractivity contribution is 0.0578. The highest BCUT2D eigenvalue weighted by Gasteiger charge is 2.16. The average molecular weight is 281 g/mol. The molecule has 0 aliphatic heterocycles. The highest BCUT2D eigenvalue weighted by molar-refractivity contribution is 5.96. The number of nitrogen functional groups attached to an aromatic ring is 1. The molecule has 1 rings (SSSR count). The van der Waals surface area contributed by atoms with E-state index in [2.05, 4.69) is 5.43 Å². The van der Waals surface area contributed by atoms with Crippen LogP contribution in [0, 0.1) is 6.92 Å². The molecule has 112 valence electrons. The molecule has 0 fully saturated rings. The first-order valence-corrected chi connectivity index (χ1v) is 6.69. The Bertz CT molecular complexity index is 438. The van der Waals surface area contributed by atoms with Gasteiger partial charge in [-0.05, 0) is 37.6 Å². The highest BCUT2D eigenvalue weighted by atomic mass is 16.5. The van der Waals surface area contributed by atoms with Crippen molar-refractivity contribution in [3.05, 3.63) is 29.3 Å². The third-order valence-electron chi connectivity index (χ3n) is 3.03. The third kappa shape index (κ3) is 4.48. The Kier molecular flexibility index (Phi) is 7.00. The van der Waals surface area contributed by atoms with Crippen molar-refractivity contribution in [3.63, 3.8) is 0 Å². The maximum atomic E-state index is 12.4. The molecular formula is C14H23N3O3. The second kappa shape index (κ2) is 8.52. The number of aryl methyl sites for hydroxylation is 1. The van der Waals surface area contributed by atoms with E-state index in [1.54, 1.807) is 17.0 Å². The summed E-state index contributed by atoms with van der Waals surface area (Å²) < 4.78 is 5.20. The van der Waals surface area contributed by atoms with Crippen LogP contribution in [-0.4, -0.2) is 48.8 Å². The van der Waals surface area contributed by atoms with Crippen molar-refractivity contribution in [3.8, 4) is 0 Å². The van der Waals surface area contributed by atoms with E-state index in [0.29, 0.717) is 31.9 Å². The summed E-state index contributed by atoms with van der Waals surface area (Å²) in [5, 5.41) is 8.64. The van der Waals surface area contributed by atoms with Crippen LogP contribution in [0.5, 0.6) is 0 Å². The lowest BCUT2D eigenvalue weighted by Gasteiger charge is -2.22. The number of nitrogens with zero attached hydrogens (tertiary/aromatic N) is 1. The van der Waals surface area contributed by atoms with Crippen LogP contribution < -0.4 is 11.3 Å². The van der Waals surface area contributed by atoms with Crippen LogP contribution in [-0.2, 0) is 4.74 Å². The van der Waals surface area contributed by atoms with Gasteiger partial charge in [0.2, 0.25) is 0 Å². The molecule has 1 amide bonds. The Morgan fingerprint density at radius 1 is 1.45 bits per heavy atom. The van der Waals surface area contributed by atoms with Crippen LogP contribution in [0.3, 0.4) is 0 Å². The van der Waals surface area contributed by atoms with E-state index in [0.717, 1.165) is 11.3 Å². The number of aliphatic hydroxyl groups excluding tert-OH is 1. The van der Waals surface area contributed by atoms with Crippen molar-refractivity contribution in [2.45, 2.75) is 13.8 Å². The monoisotopic (exact) mass is 281 g/mol. The zero-order valence-electron chi connectivity index (χ0n) is 12.1. The molecule has 0 unspecified atom stereocenters. The molecule has 1 aromatic rings. The molecule has 0 aliphatic carbocycles. The second-order valence-electron chi connectivity index (χ2n) is 4.39. The lowest BCUT2D eigenvalue weighted by Crippen LogP contribution is -2.34. The zero-order chi connectivity index (χ0) is 15.0. The Hall–Kier alpha value is -1.63. The molecule has 0 bridgehead atoms. The zero-order valence-corrected chi connectivity index (χ0v) is 12.1. The van der Waals surface area contributed by atoms with Gasteiger partial charge in [0.25, 0.3) is 5.91 Å². The number of hydrogen-bond acceptors (Lipinski definition) is 5. The number of carbonyl (C=O) groups excluding carboxylic acids is 1. The number of benzene rings is 1. The Balaban J connectivity index is 2.70. The largest absolute Gasteiger partial charge is 0.394 e. The number of likely N-dealkylation sites (N-methyl/N-ethyl adjacent to an activating group) is 1. The average Bonchev–Trinajstić information content (AvgIpc) is 2.46. The molecule has 6 nitrogen and oxygen atoms in total. The molecule has 6 heteroatoms. The van der Waals surface area contributed by atoms with E-state index in [1.165, 1.54) is 0 Å². The van der Waals surface area contributed by atoms with Gasteiger partial charge in [-0.2, -0.15) is 0 Å². The summed E-state index contributed by atoms with van der Waals surface area (Å²) in [5.41, 5.74) is 4.86. The summed E-state index contributed by atoms with van der Waals surface area (Å²) >= 11 is 0. The molecule has 4 N–H and O–H groups in total. The first-order valence-electron chi connectivity index (χ1n) is 6.69. The number of amides is 1. The number of aliphatic hydroxyl groups is 1. The molecule has 20 heavy (non-hydrogen) atoms. The van der Waals surface area contributed by atoms with Gasteiger partial charge in [-0.25, -0.2) is 0 Å². The maximum Gasteiger partial charge on any atom is 0.254 e. The van der Waals surface area contributed by atoms with Crippen LogP contribution in [0.4, 0.5) is 5.69 Å². The Morgan fingerprint density at radius 2 is 2.20 bits per heavy atom. The van der Waals surface area contributed by atoms with Gasteiger partial charge in [0.05, 0.1) is 19.8 Å². The molecule has 0 saturated heterocycles. The topological polar surface area (TPSA) is 87.8 Å². The molecule has 0 spiro atoms. The van der Waals surface area contributed by atoms with E-state index in [-0.39, 0.29) is 12.5 Å². The SMILES string of the molecule is CCN(CCOCCO)C(=O)c1ccc(NN)cc1C. The van der Waals surface area contributed by atoms with Crippen molar-refractivity contribution in [1.29, 1.82) is 0 Å². The maximum absolute atomic E-state index is 12.4. The normalized spacial score (nSPS) is 10.4. The van der Waals surface area contributed by atoms with Crippen molar-refractivity contribution in [2.75, 3.05) is 38.3 Å². The first-order chi connectivity index (χ1) is 9.63. The van der Waals surface area contributed by atoms with Crippen molar-refractivity contribution < 1.29 is 14.6 Å². The van der Waals surface area contributed by atoms with Crippen molar-refractivity contribution >= 4 is 11.6 Å². The van der Waals surface area contributed by atoms with E-state index < -0.39 is 0 Å². The van der Waals surface area contributed by atoms with E-state index in [4.69, 9.17) is 15.7 Å². The fraction of sp³-hybridized carbons (Fsp3) is 0.500. The minimum Gasteiger partial charge on any atom is -0.394 e. The highest BCUT2D eigenvalue weighted by Crippen LogP contribution is 2.16. The van der Waals surface area contributed by atoms with Crippen molar-refractivity contribution in [2.24, 2.45) is 5.84 Å². The number of hydrazine groups is 1. The fourth-order valence-corrected chi connectivity index (χ4v) is 1.91. The molecule has 0 radical (unpaired) electrons. The molecule has 1 aromatic carbocycles. The van der Waals surface area contributed by atoms with Gasteiger partial charge in [-0.3, -0.25) is 10.6 Å². The predicted octanol–water partition coefficient (Wildman–Crippen LogP) is 0.752. The van der Waals surface area contributed by atoms with Crippen molar-refractivity contribution in [1.82, 2.24) is 4.90 Å². The van der Waals surface area contributed by atoms with Gasteiger partial charge >= 0.3 is 0 Å².